The lowest BCUT2D eigenvalue weighted by Gasteiger charge is -2.41. The Balaban J connectivity index is 2.40. The molecule has 0 aromatic carbocycles. The summed E-state index contributed by atoms with van der Waals surface area (Å²) < 4.78 is 0. The molecule has 72 valence electrons. The van der Waals surface area contributed by atoms with Crippen LogP contribution in [0.2, 0.25) is 0 Å². The van der Waals surface area contributed by atoms with Crippen LogP contribution in [-0.4, -0.2) is 37.1 Å². The van der Waals surface area contributed by atoms with E-state index in [0.29, 0.717) is 0 Å². The van der Waals surface area contributed by atoms with Crippen molar-refractivity contribution in [3.63, 3.8) is 0 Å². The molecule has 1 N–H and O–H groups in total. The highest BCUT2D eigenvalue weighted by atomic mass is 15.2. The summed E-state index contributed by atoms with van der Waals surface area (Å²) in [7, 11) is 2.26. The van der Waals surface area contributed by atoms with Crippen LogP contribution in [0.4, 0.5) is 0 Å². The monoisotopic (exact) mass is 170 g/mol. The third-order valence-corrected chi connectivity index (χ3v) is 3.05. The van der Waals surface area contributed by atoms with Crippen molar-refractivity contribution in [2.75, 3.05) is 20.1 Å². The summed E-state index contributed by atoms with van der Waals surface area (Å²) in [5.41, 5.74) is 0. The topological polar surface area (TPSA) is 15.3 Å². The molecule has 0 aromatic rings. The molecular formula is C10H22N2. The van der Waals surface area contributed by atoms with E-state index in [9.17, 15) is 0 Å². The molecule has 0 spiro atoms. The van der Waals surface area contributed by atoms with E-state index in [-0.39, 0.29) is 0 Å². The van der Waals surface area contributed by atoms with E-state index < -0.39 is 0 Å². The maximum absolute atomic E-state index is 3.32. The molecule has 12 heavy (non-hydrogen) atoms. The van der Waals surface area contributed by atoms with Crippen molar-refractivity contribution in [2.45, 2.75) is 39.3 Å². The molecule has 1 unspecified atom stereocenters. The first-order chi connectivity index (χ1) is 5.66. The average Bonchev–Trinajstić information content (AvgIpc) is 1.83. The zero-order valence-electron chi connectivity index (χ0n) is 8.80. The van der Waals surface area contributed by atoms with Gasteiger partial charge in [-0.25, -0.2) is 0 Å². The fourth-order valence-electron chi connectivity index (χ4n) is 2.06. The molecule has 0 aliphatic carbocycles. The van der Waals surface area contributed by atoms with E-state index in [1.807, 2.05) is 0 Å². The number of hydrogen-bond acceptors (Lipinski definition) is 2. The average molecular weight is 170 g/mol. The maximum atomic E-state index is 3.32. The third kappa shape index (κ3) is 1.99. The van der Waals surface area contributed by atoms with Gasteiger partial charge in [0.05, 0.1) is 0 Å². The standard InChI is InChI=1S/C10H22N2/c1-5-10(8(2)3)12(4)9-6-11-7-9/h8-11H,5-7H2,1-4H3. The van der Waals surface area contributed by atoms with Crippen molar-refractivity contribution < 1.29 is 0 Å². The Morgan fingerprint density at radius 1 is 1.42 bits per heavy atom. The van der Waals surface area contributed by atoms with E-state index >= 15 is 0 Å². The van der Waals surface area contributed by atoms with Crippen LogP contribution in [0, 0.1) is 5.92 Å². The number of nitrogens with zero attached hydrogens (tertiary/aromatic N) is 1. The summed E-state index contributed by atoms with van der Waals surface area (Å²) in [5.74, 6) is 0.778. The molecule has 2 nitrogen and oxygen atoms in total. The molecular weight excluding hydrogens is 148 g/mol. The van der Waals surface area contributed by atoms with Crippen LogP contribution in [-0.2, 0) is 0 Å². The van der Waals surface area contributed by atoms with E-state index in [1.54, 1.807) is 0 Å². The number of rotatable bonds is 4. The smallest absolute Gasteiger partial charge is 0.0345 e. The third-order valence-electron chi connectivity index (χ3n) is 3.05. The van der Waals surface area contributed by atoms with E-state index in [0.717, 1.165) is 18.0 Å². The summed E-state index contributed by atoms with van der Waals surface area (Å²) in [6, 6.07) is 1.55. The van der Waals surface area contributed by atoms with Gasteiger partial charge in [-0.15, -0.1) is 0 Å². The highest BCUT2D eigenvalue weighted by molar-refractivity contribution is 4.86. The second-order valence-electron chi connectivity index (χ2n) is 4.20. The number of hydrogen-bond donors (Lipinski definition) is 1. The Labute approximate surface area is 76.3 Å². The first kappa shape index (κ1) is 10.0. The molecule has 0 radical (unpaired) electrons. The van der Waals surface area contributed by atoms with Crippen molar-refractivity contribution in [2.24, 2.45) is 5.92 Å². The summed E-state index contributed by atoms with van der Waals surface area (Å²) in [4.78, 5) is 2.54. The number of likely N-dealkylation sites (N-methyl/N-ethyl adjacent to an activating group) is 1. The van der Waals surface area contributed by atoms with Crippen LogP contribution in [0.5, 0.6) is 0 Å². The Bertz CT molecular complexity index is 130. The Kier molecular flexibility index (Phi) is 3.53. The van der Waals surface area contributed by atoms with Crippen molar-refractivity contribution in [3.8, 4) is 0 Å². The molecule has 0 saturated carbocycles. The Hall–Kier alpha value is -0.0800. The van der Waals surface area contributed by atoms with Crippen LogP contribution < -0.4 is 5.32 Å². The highest BCUT2D eigenvalue weighted by Crippen LogP contribution is 2.16. The molecule has 1 fully saturated rings. The van der Waals surface area contributed by atoms with E-state index in [2.05, 4.69) is 38.0 Å². The highest BCUT2D eigenvalue weighted by Gasteiger charge is 2.27. The van der Waals surface area contributed by atoms with Gasteiger partial charge in [-0.2, -0.15) is 0 Å². The minimum absolute atomic E-state index is 0.761. The zero-order chi connectivity index (χ0) is 9.14. The van der Waals surface area contributed by atoms with Gasteiger partial charge in [-0.05, 0) is 19.4 Å². The maximum Gasteiger partial charge on any atom is 0.0345 e. The summed E-state index contributed by atoms with van der Waals surface area (Å²) in [6.45, 7) is 9.28. The van der Waals surface area contributed by atoms with Gasteiger partial charge in [0.2, 0.25) is 0 Å². The van der Waals surface area contributed by atoms with Gasteiger partial charge in [-0.3, -0.25) is 4.90 Å². The fraction of sp³-hybridized carbons (Fsp3) is 1.00. The molecule has 0 aromatic heterocycles. The van der Waals surface area contributed by atoms with Crippen LogP contribution in [0.15, 0.2) is 0 Å². The molecule has 1 saturated heterocycles. The second kappa shape index (κ2) is 4.24. The van der Waals surface area contributed by atoms with Crippen molar-refractivity contribution in [1.82, 2.24) is 10.2 Å². The van der Waals surface area contributed by atoms with Crippen molar-refractivity contribution >= 4 is 0 Å². The molecule has 1 aliphatic heterocycles. The molecule has 1 heterocycles. The zero-order valence-corrected chi connectivity index (χ0v) is 8.80. The Morgan fingerprint density at radius 2 is 2.00 bits per heavy atom. The molecule has 1 atom stereocenters. The van der Waals surface area contributed by atoms with Crippen LogP contribution >= 0.6 is 0 Å². The lowest BCUT2D eigenvalue weighted by Crippen LogP contribution is -2.59. The second-order valence-corrected chi connectivity index (χ2v) is 4.20. The minimum atomic E-state index is 0.761. The largest absolute Gasteiger partial charge is 0.314 e. The predicted octanol–water partition coefficient (Wildman–Crippen LogP) is 1.32. The van der Waals surface area contributed by atoms with Crippen molar-refractivity contribution in [1.29, 1.82) is 0 Å². The predicted molar refractivity (Wildman–Crippen MR) is 53.3 cm³/mol. The fourth-order valence-corrected chi connectivity index (χ4v) is 2.06. The van der Waals surface area contributed by atoms with E-state index in [1.165, 1.54) is 19.5 Å². The summed E-state index contributed by atoms with van der Waals surface area (Å²) in [5, 5.41) is 3.32. The SMILES string of the molecule is CCC(C(C)C)N(C)C1CNC1. The molecule has 2 heteroatoms. The molecule has 0 bridgehead atoms. The van der Waals surface area contributed by atoms with Crippen LogP contribution in [0.1, 0.15) is 27.2 Å². The summed E-state index contributed by atoms with van der Waals surface area (Å²) >= 11 is 0. The first-order valence-electron chi connectivity index (χ1n) is 5.09. The van der Waals surface area contributed by atoms with Gasteiger partial charge in [0.25, 0.3) is 0 Å². The van der Waals surface area contributed by atoms with Crippen LogP contribution in [0.25, 0.3) is 0 Å². The van der Waals surface area contributed by atoms with Gasteiger partial charge in [0.1, 0.15) is 0 Å². The molecule has 0 amide bonds. The normalized spacial score (nSPS) is 21.5. The Morgan fingerprint density at radius 3 is 2.25 bits per heavy atom. The van der Waals surface area contributed by atoms with Gasteiger partial charge in [0, 0.05) is 25.2 Å². The minimum Gasteiger partial charge on any atom is -0.314 e. The van der Waals surface area contributed by atoms with Crippen LogP contribution in [0.3, 0.4) is 0 Å². The summed E-state index contributed by atoms with van der Waals surface area (Å²) in [6.07, 6.45) is 1.27. The quantitative estimate of drug-likeness (QED) is 0.684. The first-order valence-corrected chi connectivity index (χ1v) is 5.09. The van der Waals surface area contributed by atoms with Gasteiger partial charge in [0.15, 0.2) is 0 Å². The van der Waals surface area contributed by atoms with Gasteiger partial charge in [-0.1, -0.05) is 20.8 Å². The molecule has 1 aliphatic rings. The van der Waals surface area contributed by atoms with Gasteiger partial charge >= 0.3 is 0 Å². The van der Waals surface area contributed by atoms with E-state index in [4.69, 9.17) is 0 Å². The number of nitrogens with one attached hydrogen (secondary N) is 1. The lowest BCUT2D eigenvalue weighted by molar-refractivity contribution is 0.0967. The lowest BCUT2D eigenvalue weighted by atomic mass is 9.97. The molecule has 1 rings (SSSR count). The van der Waals surface area contributed by atoms with Crippen molar-refractivity contribution in [3.05, 3.63) is 0 Å². The van der Waals surface area contributed by atoms with Gasteiger partial charge < -0.3 is 5.32 Å².